The summed E-state index contributed by atoms with van der Waals surface area (Å²) in [6, 6.07) is 0.562. The van der Waals surface area contributed by atoms with Gasteiger partial charge in [-0.05, 0) is 36.1 Å². The largest absolute Gasteiger partial charge is 4.00 e. The molecular weight excluding hydrogens is 623 g/mol. The van der Waals surface area contributed by atoms with Crippen LogP contribution in [0.2, 0.25) is 0 Å². The molecule has 0 radical (unpaired) electrons. The van der Waals surface area contributed by atoms with E-state index in [0.717, 1.165) is 25.0 Å². The number of carbonyl (C=O) groups excluding carboxylic acids is 2. The van der Waals surface area contributed by atoms with E-state index in [-0.39, 0.29) is 57.1 Å². The molecule has 1 saturated carbocycles. The maximum atomic E-state index is 10.3. The van der Waals surface area contributed by atoms with Crippen molar-refractivity contribution in [1.29, 1.82) is 0 Å². The second-order valence-corrected chi connectivity index (χ2v) is 8.08. The molecular formula is C20H32N2O10Pt+2. The average molecular weight is 656 g/mol. The van der Waals surface area contributed by atoms with Gasteiger partial charge >= 0.3 is 21.1 Å². The molecule has 13 heteroatoms. The van der Waals surface area contributed by atoms with Crippen LogP contribution in [0.3, 0.4) is 0 Å². The first-order valence-electron chi connectivity index (χ1n) is 10.3. The van der Waals surface area contributed by atoms with Crippen molar-refractivity contribution < 1.29 is 71.5 Å². The van der Waals surface area contributed by atoms with Gasteiger partial charge in [-0.15, -0.1) is 0 Å². The molecule has 4 unspecified atom stereocenters. The molecule has 0 amide bonds. The maximum absolute atomic E-state index is 10.3. The number of aliphatic hydroxyl groups excluding tert-OH is 6. The van der Waals surface area contributed by atoms with Gasteiger partial charge < -0.3 is 61.9 Å². The monoisotopic (exact) mass is 655 g/mol. The molecule has 3 aliphatic rings. The minimum Gasteiger partial charge on any atom is -0.545 e. The van der Waals surface area contributed by atoms with Crippen LogP contribution in [0.15, 0.2) is 23.3 Å². The minimum absolute atomic E-state index is 0. The number of aliphatic hydroxyl groups is 6. The quantitative estimate of drug-likeness (QED) is 0.139. The zero-order valence-corrected chi connectivity index (χ0v) is 20.1. The Balaban J connectivity index is 0.000000468. The van der Waals surface area contributed by atoms with Crippen LogP contribution in [0, 0.1) is 0 Å². The third kappa shape index (κ3) is 10.3. The zero-order chi connectivity index (χ0) is 24.6. The number of rotatable bonds is 2. The summed E-state index contributed by atoms with van der Waals surface area (Å²) in [5.74, 6) is -2.86. The van der Waals surface area contributed by atoms with Crippen LogP contribution in [-0.2, 0) is 30.7 Å². The third-order valence-electron chi connectivity index (χ3n) is 5.49. The topological polar surface area (TPSA) is 254 Å². The Kier molecular flexibility index (Phi) is 14.4. The van der Waals surface area contributed by atoms with Crippen molar-refractivity contribution in [3.05, 3.63) is 23.3 Å². The molecule has 0 aromatic rings. The summed E-state index contributed by atoms with van der Waals surface area (Å²) < 4.78 is 0. The Labute approximate surface area is 205 Å². The molecule has 12 nitrogen and oxygen atoms in total. The molecule has 0 bridgehead atoms. The summed E-state index contributed by atoms with van der Waals surface area (Å²) in [5.41, 5.74) is 10.9. The van der Waals surface area contributed by atoms with Crippen LogP contribution in [-0.4, -0.2) is 91.3 Å². The van der Waals surface area contributed by atoms with Crippen molar-refractivity contribution >= 4 is 11.9 Å². The number of hydrogen-bond donors (Lipinski definition) is 8. The molecule has 1 fully saturated rings. The number of nitrogens with two attached hydrogens (primary N) is 2. The average Bonchev–Trinajstić information content (AvgIpc) is 2.72. The van der Waals surface area contributed by atoms with E-state index < -0.39 is 48.6 Å². The van der Waals surface area contributed by atoms with Gasteiger partial charge in [0.15, 0.2) is 0 Å². The van der Waals surface area contributed by atoms with Crippen LogP contribution in [0.1, 0.15) is 38.5 Å². The van der Waals surface area contributed by atoms with Gasteiger partial charge in [-0.2, -0.15) is 0 Å². The van der Waals surface area contributed by atoms with Crippen molar-refractivity contribution in [3.8, 4) is 0 Å². The maximum Gasteiger partial charge on any atom is 4.00 e. The van der Waals surface area contributed by atoms with Crippen LogP contribution in [0.5, 0.6) is 0 Å². The molecule has 0 spiro atoms. The van der Waals surface area contributed by atoms with E-state index in [9.17, 15) is 19.8 Å². The van der Waals surface area contributed by atoms with Gasteiger partial charge in [-0.1, -0.05) is 12.8 Å². The van der Waals surface area contributed by atoms with Crippen LogP contribution < -0.4 is 21.7 Å². The molecule has 0 aliphatic heterocycles. The molecule has 0 aromatic carbocycles. The number of hydrogen-bond acceptors (Lipinski definition) is 12. The predicted molar refractivity (Wildman–Crippen MR) is 106 cm³/mol. The smallest absolute Gasteiger partial charge is 0.545 e. The molecule has 0 heterocycles. The molecule has 8 atom stereocenters. The number of carboxylic acids is 2. The standard InChI is InChI=1S/2C7H10O5.C6H14N2.Pt/c2*8-4-1-3(7(11)12)2-5(9)6(4)10;7-5-3-1-2-4-6(5)8;/h2*1,4-6,8-10H,2H2,(H,11,12);5-6H,1-4,7-8H2;/q;;;+4/p-2/t2*4?,5-,6?;5-,6-;/m001./s1. The first-order valence-corrected chi connectivity index (χ1v) is 10.3. The van der Waals surface area contributed by atoms with Crippen molar-refractivity contribution in [2.45, 2.75) is 87.2 Å². The van der Waals surface area contributed by atoms with Crippen molar-refractivity contribution in [2.24, 2.45) is 11.5 Å². The molecule has 0 aromatic heterocycles. The van der Waals surface area contributed by atoms with Gasteiger partial charge in [0.1, 0.15) is 24.4 Å². The van der Waals surface area contributed by atoms with Gasteiger partial charge in [0.05, 0.1) is 24.1 Å². The fourth-order valence-corrected chi connectivity index (χ4v) is 3.38. The fourth-order valence-electron chi connectivity index (χ4n) is 3.38. The van der Waals surface area contributed by atoms with Gasteiger partial charge in [0.25, 0.3) is 0 Å². The van der Waals surface area contributed by atoms with Crippen LogP contribution in [0.25, 0.3) is 0 Å². The SMILES string of the molecule is N[C@@H]1CCCC[C@H]1N.O=C([O-])C1=CC(O)C(O)[C@@H](O)C1.O=C([O-])C1=CC(O)C(O)[C@@H](O)C1.[Pt+4]. The first-order chi connectivity index (χ1) is 14.8. The molecule has 10 N–H and O–H groups in total. The Morgan fingerprint density at radius 1 is 0.727 bits per heavy atom. The van der Waals surface area contributed by atoms with Crippen LogP contribution >= 0.6 is 0 Å². The van der Waals surface area contributed by atoms with E-state index in [1.807, 2.05) is 0 Å². The van der Waals surface area contributed by atoms with Crippen molar-refractivity contribution in [1.82, 2.24) is 0 Å². The van der Waals surface area contributed by atoms with Crippen molar-refractivity contribution in [2.75, 3.05) is 0 Å². The summed E-state index contributed by atoms with van der Waals surface area (Å²) in [5, 5.41) is 74.5. The Hall–Kier alpha value is -1.21. The Bertz CT molecular complexity index is 646. The number of carbonyl (C=O) groups is 2. The summed E-state index contributed by atoms with van der Waals surface area (Å²) in [6.07, 6.45) is -1.40. The first kappa shape index (κ1) is 31.8. The minimum atomic E-state index is -1.43. The van der Waals surface area contributed by atoms with Crippen LogP contribution in [0.4, 0.5) is 0 Å². The second kappa shape index (κ2) is 14.9. The van der Waals surface area contributed by atoms with E-state index in [1.165, 1.54) is 12.8 Å². The zero-order valence-electron chi connectivity index (χ0n) is 17.8. The summed E-state index contributed by atoms with van der Waals surface area (Å²) in [7, 11) is 0. The second-order valence-electron chi connectivity index (χ2n) is 8.08. The summed E-state index contributed by atoms with van der Waals surface area (Å²) >= 11 is 0. The fraction of sp³-hybridized carbons (Fsp3) is 0.700. The molecule has 3 aliphatic carbocycles. The number of carboxylic acid groups (broad SMARTS) is 2. The van der Waals surface area contributed by atoms with E-state index in [4.69, 9.17) is 42.1 Å². The van der Waals surface area contributed by atoms with E-state index in [0.29, 0.717) is 0 Å². The van der Waals surface area contributed by atoms with Gasteiger partial charge in [0.2, 0.25) is 0 Å². The van der Waals surface area contributed by atoms with Gasteiger partial charge in [-0.25, -0.2) is 0 Å². The summed E-state index contributed by atoms with van der Waals surface area (Å²) in [6.45, 7) is 0. The summed E-state index contributed by atoms with van der Waals surface area (Å²) in [4.78, 5) is 20.5. The molecule has 190 valence electrons. The Morgan fingerprint density at radius 3 is 1.24 bits per heavy atom. The Morgan fingerprint density at radius 2 is 1.03 bits per heavy atom. The van der Waals surface area contributed by atoms with E-state index in [1.54, 1.807) is 0 Å². The molecule has 0 saturated heterocycles. The van der Waals surface area contributed by atoms with Crippen molar-refractivity contribution in [3.63, 3.8) is 0 Å². The molecule has 33 heavy (non-hydrogen) atoms. The van der Waals surface area contributed by atoms with E-state index in [2.05, 4.69) is 0 Å². The van der Waals surface area contributed by atoms with Gasteiger partial charge in [0, 0.05) is 24.9 Å². The molecule has 3 rings (SSSR count). The predicted octanol–water partition coefficient (Wildman–Crippen LogP) is -5.49. The normalized spacial score (nSPS) is 35.8. The van der Waals surface area contributed by atoms with E-state index >= 15 is 0 Å². The third-order valence-corrected chi connectivity index (χ3v) is 5.49. The number of aliphatic carboxylic acids is 2. The van der Waals surface area contributed by atoms with Gasteiger partial charge in [-0.3, -0.25) is 0 Å².